The van der Waals surface area contributed by atoms with Crippen molar-refractivity contribution in [2.45, 2.75) is 25.8 Å². The normalized spacial score (nSPS) is 18.7. The van der Waals surface area contributed by atoms with Gasteiger partial charge in [-0.3, -0.25) is 9.59 Å². The van der Waals surface area contributed by atoms with Gasteiger partial charge in [-0.15, -0.1) is 0 Å². The van der Waals surface area contributed by atoms with Gasteiger partial charge in [0.2, 0.25) is 0 Å². The number of hydrogen-bond donors (Lipinski definition) is 1. The molecule has 1 unspecified atom stereocenters. The lowest BCUT2D eigenvalue weighted by Gasteiger charge is -2.25. The van der Waals surface area contributed by atoms with Gasteiger partial charge >= 0.3 is 0 Å². The molecule has 0 saturated carbocycles. The topological polar surface area (TPSA) is 66.8 Å². The van der Waals surface area contributed by atoms with Gasteiger partial charge in [0.05, 0.1) is 18.7 Å². The number of Topliss-reactive ketones (excluding diaryl/α,β-unsaturated/α-hetero) is 1. The molecule has 1 heterocycles. The molecule has 1 fully saturated rings. The molecule has 1 amide bonds. The van der Waals surface area contributed by atoms with Crippen LogP contribution < -0.4 is 4.74 Å². The van der Waals surface area contributed by atoms with Crippen LogP contribution in [0.1, 0.15) is 36.9 Å². The van der Waals surface area contributed by atoms with Crippen molar-refractivity contribution in [2.24, 2.45) is 0 Å². The molecule has 0 aromatic heterocycles. The van der Waals surface area contributed by atoms with Gasteiger partial charge in [-0.1, -0.05) is 55.8 Å². The molecule has 1 aliphatic heterocycles. The van der Waals surface area contributed by atoms with Crippen LogP contribution in [-0.4, -0.2) is 35.4 Å². The number of benzene rings is 2. The monoisotopic (exact) mass is 365 g/mol. The van der Waals surface area contributed by atoms with Crippen molar-refractivity contribution < 1.29 is 19.4 Å². The first-order valence-corrected chi connectivity index (χ1v) is 9.06. The fourth-order valence-corrected chi connectivity index (χ4v) is 3.32. The van der Waals surface area contributed by atoms with Gasteiger partial charge < -0.3 is 14.7 Å². The molecule has 1 saturated heterocycles. The highest BCUT2D eigenvalue weighted by molar-refractivity contribution is 6.46. The second-order valence-corrected chi connectivity index (χ2v) is 6.49. The number of aliphatic hydroxyl groups is 1. The van der Waals surface area contributed by atoms with Crippen LogP contribution in [0, 0.1) is 0 Å². The maximum Gasteiger partial charge on any atom is 0.295 e. The zero-order chi connectivity index (χ0) is 19.4. The summed E-state index contributed by atoms with van der Waals surface area (Å²) in [6.45, 7) is 2.49. The molecule has 1 N–H and O–H groups in total. The lowest BCUT2D eigenvalue weighted by molar-refractivity contribution is -0.139. The Bertz CT molecular complexity index is 856. The summed E-state index contributed by atoms with van der Waals surface area (Å²) >= 11 is 0. The fraction of sp³-hybridized carbons (Fsp3) is 0.273. The largest absolute Gasteiger partial charge is 0.507 e. The smallest absolute Gasteiger partial charge is 0.295 e. The highest BCUT2D eigenvalue weighted by Crippen LogP contribution is 2.39. The number of aliphatic hydroxyl groups excluding tert-OH is 1. The van der Waals surface area contributed by atoms with E-state index in [-0.39, 0.29) is 11.3 Å². The first-order valence-electron chi connectivity index (χ1n) is 9.06. The molecule has 3 rings (SSSR count). The summed E-state index contributed by atoms with van der Waals surface area (Å²) in [6.07, 6.45) is 1.68. The Labute approximate surface area is 158 Å². The summed E-state index contributed by atoms with van der Waals surface area (Å²) in [7, 11) is 1.58. The Kier molecular flexibility index (Phi) is 5.60. The third-order valence-corrected chi connectivity index (χ3v) is 4.77. The SMILES string of the molecule is CCCCN1C(=O)C(=O)/C(=C(\O)c2ccccc2)C1c1ccc(OC)cc1. The van der Waals surface area contributed by atoms with Crippen LogP contribution >= 0.6 is 0 Å². The van der Waals surface area contributed by atoms with Crippen LogP contribution in [0.15, 0.2) is 60.2 Å². The van der Waals surface area contributed by atoms with E-state index in [9.17, 15) is 14.7 Å². The van der Waals surface area contributed by atoms with Crippen molar-refractivity contribution >= 4 is 17.4 Å². The molecule has 5 nitrogen and oxygen atoms in total. The second kappa shape index (κ2) is 8.08. The van der Waals surface area contributed by atoms with Crippen molar-refractivity contribution in [2.75, 3.05) is 13.7 Å². The molecule has 5 heteroatoms. The molecule has 2 aromatic rings. The molecule has 27 heavy (non-hydrogen) atoms. The van der Waals surface area contributed by atoms with Crippen LogP contribution in [0.5, 0.6) is 5.75 Å². The minimum absolute atomic E-state index is 0.132. The van der Waals surface area contributed by atoms with Gasteiger partial charge in [-0.05, 0) is 24.1 Å². The van der Waals surface area contributed by atoms with E-state index in [1.165, 1.54) is 0 Å². The number of ketones is 1. The van der Waals surface area contributed by atoms with E-state index in [0.717, 1.165) is 18.4 Å². The Hall–Kier alpha value is -3.08. The third kappa shape index (κ3) is 3.58. The Morgan fingerprint density at radius 2 is 1.74 bits per heavy atom. The van der Waals surface area contributed by atoms with E-state index in [1.807, 2.05) is 25.1 Å². The van der Waals surface area contributed by atoms with Crippen molar-refractivity contribution in [3.63, 3.8) is 0 Å². The molecule has 0 aliphatic carbocycles. The maximum atomic E-state index is 12.8. The number of likely N-dealkylation sites (tertiary alicyclic amines) is 1. The number of hydrogen-bond acceptors (Lipinski definition) is 4. The molecule has 1 atom stereocenters. The van der Waals surface area contributed by atoms with Crippen LogP contribution in [-0.2, 0) is 9.59 Å². The Balaban J connectivity index is 2.13. The quantitative estimate of drug-likeness (QED) is 0.479. The summed E-state index contributed by atoms with van der Waals surface area (Å²) in [5, 5.41) is 10.8. The molecular formula is C22H23NO4. The summed E-state index contributed by atoms with van der Waals surface area (Å²) in [4.78, 5) is 27.0. The number of rotatable bonds is 6. The van der Waals surface area contributed by atoms with Crippen LogP contribution in [0.4, 0.5) is 0 Å². The first-order chi connectivity index (χ1) is 13.1. The van der Waals surface area contributed by atoms with Gasteiger partial charge in [0, 0.05) is 12.1 Å². The number of nitrogens with zero attached hydrogens (tertiary/aromatic N) is 1. The highest BCUT2D eigenvalue weighted by atomic mass is 16.5. The number of unbranched alkanes of at least 4 members (excludes halogenated alkanes) is 1. The molecule has 2 aromatic carbocycles. The lowest BCUT2D eigenvalue weighted by Crippen LogP contribution is -2.30. The van der Waals surface area contributed by atoms with Gasteiger partial charge in [0.1, 0.15) is 11.5 Å². The third-order valence-electron chi connectivity index (χ3n) is 4.77. The highest BCUT2D eigenvalue weighted by Gasteiger charge is 2.45. The average molecular weight is 365 g/mol. The summed E-state index contributed by atoms with van der Waals surface area (Å²) in [5.74, 6) is -0.670. The van der Waals surface area contributed by atoms with Crippen molar-refractivity contribution in [3.05, 3.63) is 71.3 Å². The van der Waals surface area contributed by atoms with Crippen molar-refractivity contribution in [3.8, 4) is 5.75 Å². The number of methoxy groups -OCH3 is 1. The second-order valence-electron chi connectivity index (χ2n) is 6.49. The van der Waals surface area contributed by atoms with Crippen LogP contribution in [0.25, 0.3) is 5.76 Å². The molecule has 0 bridgehead atoms. The van der Waals surface area contributed by atoms with E-state index >= 15 is 0 Å². The summed E-state index contributed by atoms with van der Waals surface area (Å²) in [6, 6.07) is 15.5. The number of ether oxygens (including phenoxy) is 1. The maximum absolute atomic E-state index is 12.8. The van der Waals surface area contributed by atoms with Crippen molar-refractivity contribution in [1.82, 2.24) is 4.90 Å². The first kappa shape index (κ1) is 18.7. The molecule has 0 spiro atoms. The van der Waals surface area contributed by atoms with Gasteiger partial charge in [0.25, 0.3) is 11.7 Å². The fourth-order valence-electron chi connectivity index (χ4n) is 3.32. The molecular weight excluding hydrogens is 342 g/mol. The van der Waals surface area contributed by atoms with Crippen LogP contribution in [0.3, 0.4) is 0 Å². The standard InChI is InChI=1S/C22H23NO4/c1-3-4-14-23-19(15-10-12-17(27-2)13-11-15)18(21(25)22(23)26)20(24)16-8-6-5-7-9-16/h5-13,19,24H,3-4,14H2,1-2H3/b20-18-. The minimum atomic E-state index is -0.645. The predicted octanol–water partition coefficient (Wildman–Crippen LogP) is 3.92. The average Bonchev–Trinajstić information content (AvgIpc) is 2.97. The summed E-state index contributed by atoms with van der Waals surface area (Å²) in [5.41, 5.74) is 1.42. The van der Waals surface area contributed by atoms with Crippen molar-refractivity contribution in [1.29, 1.82) is 0 Å². The van der Waals surface area contributed by atoms with Gasteiger partial charge in [-0.2, -0.15) is 0 Å². The predicted molar refractivity (Wildman–Crippen MR) is 103 cm³/mol. The Morgan fingerprint density at radius 3 is 2.33 bits per heavy atom. The van der Waals surface area contributed by atoms with Crippen LogP contribution in [0.2, 0.25) is 0 Å². The van der Waals surface area contributed by atoms with E-state index in [0.29, 0.717) is 17.9 Å². The van der Waals surface area contributed by atoms with E-state index in [1.54, 1.807) is 48.4 Å². The number of amides is 1. The summed E-state index contributed by atoms with van der Waals surface area (Å²) < 4.78 is 5.20. The zero-order valence-electron chi connectivity index (χ0n) is 15.5. The van der Waals surface area contributed by atoms with Gasteiger partial charge in [0.15, 0.2) is 0 Å². The zero-order valence-corrected chi connectivity index (χ0v) is 15.5. The minimum Gasteiger partial charge on any atom is -0.507 e. The van der Waals surface area contributed by atoms with Gasteiger partial charge in [-0.25, -0.2) is 0 Å². The number of carbonyl (C=O) groups excluding carboxylic acids is 2. The molecule has 140 valence electrons. The van der Waals surface area contributed by atoms with E-state index in [2.05, 4.69) is 0 Å². The van der Waals surface area contributed by atoms with E-state index < -0.39 is 17.7 Å². The van der Waals surface area contributed by atoms with E-state index in [4.69, 9.17) is 4.74 Å². The molecule has 0 radical (unpaired) electrons. The number of carbonyl (C=O) groups is 2. The molecule has 1 aliphatic rings. The Morgan fingerprint density at radius 1 is 1.07 bits per heavy atom. The lowest BCUT2D eigenvalue weighted by atomic mass is 9.95.